The van der Waals surface area contributed by atoms with Gasteiger partial charge in [0.25, 0.3) is 0 Å². The molecule has 7 heteroatoms. The quantitative estimate of drug-likeness (QED) is 0.919. The number of rotatable bonds is 4. The lowest BCUT2D eigenvalue weighted by atomic mass is 9.88. The standard InChI is InChI=1S/C17H23N5O2/c1-17(2,14-11-18-12-20-14)16(23)22-8-6-21(7-9-22)15-10-13(24-3)4-5-19-15/h4-5,10-12H,6-9H2,1-3H3,(H,18,20). The van der Waals surface area contributed by atoms with Crippen LogP contribution in [0.25, 0.3) is 0 Å². The molecule has 7 nitrogen and oxygen atoms in total. The van der Waals surface area contributed by atoms with Crippen LogP contribution in [0.4, 0.5) is 5.82 Å². The van der Waals surface area contributed by atoms with E-state index < -0.39 is 5.41 Å². The average Bonchev–Trinajstić information content (AvgIpc) is 3.17. The first-order chi connectivity index (χ1) is 11.5. The number of anilines is 1. The number of pyridine rings is 1. The van der Waals surface area contributed by atoms with Crippen molar-refractivity contribution in [2.24, 2.45) is 0 Å². The van der Waals surface area contributed by atoms with Crippen LogP contribution in [0.2, 0.25) is 0 Å². The summed E-state index contributed by atoms with van der Waals surface area (Å²) in [5.74, 6) is 1.79. The lowest BCUT2D eigenvalue weighted by Gasteiger charge is -2.38. The number of carbonyl (C=O) groups is 1. The first-order valence-electron chi connectivity index (χ1n) is 8.05. The number of piperazine rings is 1. The van der Waals surface area contributed by atoms with Crippen LogP contribution >= 0.6 is 0 Å². The van der Waals surface area contributed by atoms with Crippen molar-refractivity contribution in [2.75, 3.05) is 38.2 Å². The Morgan fingerprint density at radius 2 is 2.04 bits per heavy atom. The maximum atomic E-state index is 12.9. The summed E-state index contributed by atoms with van der Waals surface area (Å²) >= 11 is 0. The minimum Gasteiger partial charge on any atom is -0.497 e. The fourth-order valence-electron chi connectivity index (χ4n) is 2.95. The Hall–Kier alpha value is -2.57. The Labute approximate surface area is 141 Å². The number of methoxy groups -OCH3 is 1. The number of hydrogen-bond donors (Lipinski definition) is 1. The van der Waals surface area contributed by atoms with E-state index in [9.17, 15) is 4.79 Å². The molecule has 0 bridgehead atoms. The smallest absolute Gasteiger partial charge is 0.234 e. The van der Waals surface area contributed by atoms with Crippen LogP contribution in [-0.4, -0.2) is 59.0 Å². The molecule has 1 saturated heterocycles. The molecule has 1 N–H and O–H groups in total. The highest BCUT2D eigenvalue weighted by molar-refractivity contribution is 5.87. The second-order valence-corrected chi connectivity index (χ2v) is 6.42. The Balaban J connectivity index is 1.65. The fourth-order valence-corrected chi connectivity index (χ4v) is 2.95. The summed E-state index contributed by atoms with van der Waals surface area (Å²) < 4.78 is 5.25. The van der Waals surface area contributed by atoms with Gasteiger partial charge in [0.15, 0.2) is 0 Å². The summed E-state index contributed by atoms with van der Waals surface area (Å²) in [5.41, 5.74) is 0.233. The summed E-state index contributed by atoms with van der Waals surface area (Å²) in [4.78, 5) is 28.5. The van der Waals surface area contributed by atoms with Crippen molar-refractivity contribution in [3.8, 4) is 5.75 Å². The lowest BCUT2D eigenvalue weighted by molar-refractivity contribution is -0.136. The Bertz CT molecular complexity index is 691. The summed E-state index contributed by atoms with van der Waals surface area (Å²) in [6.07, 6.45) is 5.07. The molecule has 24 heavy (non-hydrogen) atoms. The minimum atomic E-state index is -0.604. The first-order valence-corrected chi connectivity index (χ1v) is 8.05. The summed E-state index contributed by atoms with van der Waals surface area (Å²) in [6, 6.07) is 3.75. The molecule has 1 aliphatic rings. The van der Waals surface area contributed by atoms with E-state index in [4.69, 9.17) is 4.74 Å². The van der Waals surface area contributed by atoms with Crippen molar-refractivity contribution < 1.29 is 9.53 Å². The van der Waals surface area contributed by atoms with E-state index in [2.05, 4.69) is 19.9 Å². The van der Waals surface area contributed by atoms with Gasteiger partial charge < -0.3 is 19.5 Å². The first kappa shape index (κ1) is 16.3. The number of imidazole rings is 1. The molecule has 0 saturated carbocycles. The SMILES string of the molecule is COc1ccnc(N2CCN(C(=O)C(C)(C)c3cnc[nH]3)CC2)c1. The van der Waals surface area contributed by atoms with E-state index >= 15 is 0 Å². The summed E-state index contributed by atoms with van der Waals surface area (Å²) in [5, 5.41) is 0. The molecule has 128 valence electrons. The van der Waals surface area contributed by atoms with Gasteiger partial charge in [-0.1, -0.05) is 0 Å². The number of aromatic nitrogens is 3. The number of nitrogens with zero attached hydrogens (tertiary/aromatic N) is 4. The molecule has 0 spiro atoms. The van der Waals surface area contributed by atoms with Crippen molar-refractivity contribution in [3.05, 3.63) is 36.5 Å². The zero-order chi connectivity index (χ0) is 17.2. The number of carbonyl (C=O) groups excluding carboxylic acids is 1. The van der Waals surface area contributed by atoms with Gasteiger partial charge in [-0.05, 0) is 19.9 Å². The van der Waals surface area contributed by atoms with Crippen LogP contribution < -0.4 is 9.64 Å². The van der Waals surface area contributed by atoms with Crippen molar-refractivity contribution in [1.82, 2.24) is 19.9 Å². The normalized spacial score (nSPS) is 15.5. The van der Waals surface area contributed by atoms with E-state index in [-0.39, 0.29) is 5.91 Å². The maximum absolute atomic E-state index is 12.9. The van der Waals surface area contributed by atoms with Gasteiger partial charge in [0.05, 0.1) is 18.9 Å². The van der Waals surface area contributed by atoms with E-state index in [0.717, 1.165) is 30.4 Å². The van der Waals surface area contributed by atoms with Crippen molar-refractivity contribution in [2.45, 2.75) is 19.3 Å². The van der Waals surface area contributed by atoms with Gasteiger partial charge in [-0.15, -0.1) is 0 Å². The second-order valence-electron chi connectivity index (χ2n) is 6.42. The van der Waals surface area contributed by atoms with Gasteiger partial charge in [0, 0.05) is 50.3 Å². The zero-order valence-corrected chi connectivity index (χ0v) is 14.3. The number of aromatic amines is 1. The molecule has 1 fully saturated rings. The molecule has 0 aliphatic carbocycles. The Morgan fingerprint density at radius 1 is 1.29 bits per heavy atom. The monoisotopic (exact) mass is 329 g/mol. The Morgan fingerprint density at radius 3 is 2.67 bits per heavy atom. The molecular formula is C17H23N5O2. The van der Waals surface area contributed by atoms with Crippen LogP contribution in [0, 0.1) is 0 Å². The molecule has 0 unspecified atom stereocenters. The molecule has 0 radical (unpaired) electrons. The minimum absolute atomic E-state index is 0.116. The molecule has 2 aromatic heterocycles. The predicted molar refractivity (Wildman–Crippen MR) is 91.2 cm³/mol. The second kappa shape index (κ2) is 6.51. The van der Waals surface area contributed by atoms with Crippen LogP contribution in [0.1, 0.15) is 19.5 Å². The molecule has 2 aromatic rings. The summed E-state index contributed by atoms with van der Waals surface area (Å²) in [6.45, 7) is 6.72. The third-order valence-corrected chi connectivity index (χ3v) is 4.55. The molecule has 3 rings (SSSR count). The van der Waals surface area contributed by atoms with Crippen LogP contribution in [0.5, 0.6) is 5.75 Å². The average molecular weight is 329 g/mol. The molecular weight excluding hydrogens is 306 g/mol. The Kier molecular flexibility index (Phi) is 4.42. The van der Waals surface area contributed by atoms with Gasteiger partial charge in [0.1, 0.15) is 11.6 Å². The van der Waals surface area contributed by atoms with Gasteiger partial charge in [-0.2, -0.15) is 0 Å². The van der Waals surface area contributed by atoms with Crippen molar-refractivity contribution >= 4 is 11.7 Å². The van der Waals surface area contributed by atoms with Gasteiger partial charge in [0.2, 0.25) is 5.91 Å². The van der Waals surface area contributed by atoms with Crippen molar-refractivity contribution in [1.29, 1.82) is 0 Å². The van der Waals surface area contributed by atoms with E-state index in [1.807, 2.05) is 30.9 Å². The maximum Gasteiger partial charge on any atom is 0.234 e. The molecule has 1 aliphatic heterocycles. The number of hydrogen-bond acceptors (Lipinski definition) is 5. The van der Waals surface area contributed by atoms with Gasteiger partial charge in [-0.25, -0.2) is 9.97 Å². The summed E-state index contributed by atoms with van der Waals surface area (Å²) in [7, 11) is 1.65. The van der Waals surface area contributed by atoms with E-state index in [1.54, 1.807) is 25.8 Å². The third kappa shape index (κ3) is 3.06. The predicted octanol–water partition coefficient (Wildman–Crippen LogP) is 1.44. The van der Waals surface area contributed by atoms with Crippen LogP contribution in [-0.2, 0) is 10.2 Å². The molecule has 0 atom stereocenters. The highest BCUT2D eigenvalue weighted by atomic mass is 16.5. The van der Waals surface area contributed by atoms with Crippen LogP contribution in [0.3, 0.4) is 0 Å². The van der Waals surface area contributed by atoms with Crippen LogP contribution in [0.15, 0.2) is 30.9 Å². The fraction of sp³-hybridized carbons (Fsp3) is 0.471. The number of ether oxygens (including phenoxy) is 1. The highest BCUT2D eigenvalue weighted by Crippen LogP contribution is 2.25. The van der Waals surface area contributed by atoms with Crippen molar-refractivity contribution in [3.63, 3.8) is 0 Å². The molecule has 3 heterocycles. The molecule has 0 aromatic carbocycles. The highest BCUT2D eigenvalue weighted by Gasteiger charge is 2.36. The third-order valence-electron chi connectivity index (χ3n) is 4.55. The topological polar surface area (TPSA) is 74.3 Å². The number of amides is 1. The van der Waals surface area contributed by atoms with E-state index in [0.29, 0.717) is 13.1 Å². The van der Waals surface area contributed by atoms with Gasteiger partial charge in [-0.3, -0.25) is 4.79 Å². The number of nitrogens with one attached hydrogen (secondary N) is 1. The lowest BCUT2D eigenvalue weighted by Crippen LogP contribution is -2.53. The zero-order valence-electron chi connectivity index (χ0n) is 14.3. The number of H-pyrrole nitrogens is 1. The van der Waals surface area contributed by atoms with Gasteiger partial charge >= 0.3 is 0 Å². The molecule has 1 amide bonds. The largest absolute Gasteiger partial charge is 0.497 e. The van der Waals surface area contributed by atoms with E-state index in [1.165, 1.54) is 0 Å².